The first-order valence-corrected chi connectivity index (χ1v) is 7.58. The molecular weight excluding hydrogens is 282 g/mol. The van der Waals surface area contributed by atoms with Gasteiger partial charge in [-0.1, -0.05) is 18.2 Å². The van der Waals surface area contributed by atoms with Gasteiger partial charge in [0.25, 0.3) is 0 Å². The molecule has 3 N–H and O–H groups in total. The highest BCUT2D eigenvalue weighted by Gasteiger charge is 2.07. The Morgan fingerprint density at radius 2 is 1.86 bits per heavy atom. The minimum Gasteiger partial charge on any atom is -0.481 e. The number of hydrogen-bond acceptors (Lipinski definition) is 3. The van der Waals surface area contributed by atoms with E-state index < -0.39 is 5.97 Å². The van der Waals surface area contributed by atoms with E-state index in [2.05, 4.69) is 41.5 Å². The van der Waals surface area contributed by atoms with Gasteiger partial charge in [-0.3, -0.25) is 4.79 Å². The number of carboxylic acid groups (broad SMARTS) is 1. The minimum atomic E-state index is -0.848. The molecule has 0 saturated carbocycles. The second-order valence-electron chi connectivity index (χ2n) is 5.05. The molecule has 1 rings (SSSR count). The largest absolute Gasteiger partial charge is 0.481 e. The molecule has 0 aliphatic rings. The minimum absolute atomic E-state index is 0.0666. The van der Waals surface area contributed by atoms with Crippen molar-refractivity contribution in [3.05, 3.63) is 29.8 Å². The number of aryl methyl sites for hydroxylation is 1. The SMILES string of the molecule is CCN(CCNC(=O)NCCCC(=O)O)c1ccccc1C. The number of amides is 2. The van der Waals surface area contributed by atoms with Gasteiger partial charge in [0.2, 0.25) is 0 Å². The van der Waals surface area contributed by atoms with Crippen molar-refractivity contribution >= 4 is 17.7 Å². The first-order chi connectivity index (χ1) is 10.5. The van der Waals surface area contributed by atoms with Crippen LogP contribution in [0.4, 0.5) is 10.5 Å². The molecule has 0 unspecified atom stereocenters. The van der Waals surface area contributed by atoms with Crippen molar-refractivity contribution in [2.24, 2.45) is 0 Å². The van der Waals surface area contributed by atoms with Crippen molar-refractivity contribution < 1.29 is 14.7 Å². The fourth-order valence-corrected chi connectivity index (χ4v) is 2.18. The number of aliphatic carboxylic acids is 1. The molecule has 1 aromatic rings. The van der Waals surface area contributed by atoms with E-state index in [1.165, 1.54) is 11.3 Å². The molecule has 2 amide bonds. The second kappa shape index (κ2) is 9.65. The number of nitrogens with one attached hydrogen (secondary N) is 2. The lowest BCUT2D eigenvalue weighted by Gasteiger charge is -2.25. The third kappa shape index (κ3) is 6.47. The van der Waals surface area contributed by atoms with Gasteiger partial charge in [0.1, 0.15) is 0 Å². The highest BCUT2D eigenvalue weighted by Crippen LogP contribution is 2.18. The Morgan fingerprint density at radius 1 is 1.18 bits per heavy atom. The molecule has 0 saturated heterocycles. The Bertz CT molecular complexity index is 491. The molecule has 0 atom stereocenters. The maximum atomic E-state index is 11.6. The van der Waals surface area contributed by atoms with Crippen molar-refractivity contribution in [2.75, 3.05) is 31.1 Å². The van der Waals surface area contributed by atoms with Crippen LogP contribution in [-0.4, -0.2) is 43.3 Å². The summed E-state index contributed by atoms with van der Waals surface area (Å²) < 4.78 is 0. The van der Waals surface area contributed by atoms with Gasteiger partial charge in [0.15, 0.2) is 0 Å². The Labute approximate surface area is 131 Å². The van der Waals surface area contributed by atoms with E-state index >= 15 is 0 Å². The van der Waals surface area contributed by atoms with E-state index in [0.29, 0.717) is 19.5 Å². The van der Waals surface area contributed by atoms with E-state index in [9.17, 15) is 9.59 Å². The number of para-hydroxylation sites is 1. The summed E-state index contributed by atoms with van der Waals surface area (Å²) in [4.78, 5) is 24.1. The average Bonchev–Trinajstić information content (AvgIpc) is 2.49. The van der Waals surface area contributed by atoms with Crippen LogP contribution in [0.3, 0.4) is 0 Å². The Kier molecular flexibility index (Phi) is 7.81. The van der Waals surface area contributed by atoms with E-state index in [1.807, 2.05) is 12.1 Å². The number of hydrogen-bond donors (Lipinski definition) is 3. The van der Waals surface area contributed by atoms with Gasteiger partial charge in [0.05, 0.1) is 0 Å². The molecule has 0 bridgehead atoms. The van der Waals surface area contributed by atoms with Crippen LogP contribution in [0.2, 0.25) is 0 Å². The molecule has 6 nitrogen and oxygen atoms in total. The average molecular weight is 307 g/mol. The number of rotatable bonds is 9. The summed E-state index contributed by atoms with van der Waals surface area (Å²) >= 11 is 0. The fraction of sp³-hybridized carbons (Fsp3) is 0.500. The summed E-state index contributed by atoms with van der Waals surface area (Å²) in [7, 11) is 0. The van der Waals surface area contributed by atoms with Crippen LogP contribution < -0.4 is 15.5 Å². The van der Waals surface area contributed by atoms with Crippen LogP contribution in [0.1, 0.15) is 25.3 Å². The van der Waals surface area contributed by atoms with Gasteiger partial charge in [-0.25, -0.2) is 4.79 Å². The third-order valence-electron chi connectivity index (χ3n) is 3.36. The van der Waals surface area contributed by atoms with Gasteiger partial charge < -0.3 is 20.6 Å². The van der Waals surface area contributed by atoms with Gasteiger partial charge in [0, 0.05) is 38.3 Å². The number of carboxylic acids is 1. The Balaban J connectivity index is 2.28. The summed E-state index contributed by atoms with van der Waals surface area (Å²) in [5.41, 5.74) is 2.39. The number of benzene rings is 1. The predicted molar refractivity (Wildman–Crippen MR) is 87.3 cm³/mol. The molecule has 0 aliphatic carbocycles. The van der Waals surface area contributed by atoms with Gasteiger partial charge in [-0.2, -0.15) is 0 Å². The molecule has 22 heavy (non-hydrogen) atoms. The highest BCUT2D eigenvalue weighted by atomic mass is 16.4. The van der Waals surface area contributed by atoms with Crippen molar-refractivity contribution in [3.8, 4) is 0 Å². The monoisotopic (exact) mass is 307 g/mol. The molecule has 6 heteroatoms. The van der Waals surface area contributed by atoms with Crippen LogP contribution in [0.25, 0.3) is 0 Å². The zero-order valence-electron chi connectivity index (χ0n) is 13.3. The Morgan fingerprint density at radius 3 is 2.50 bits per heavy atom. The van der Waals surface area contributed by atoms with Crippen molar-refractivity contribution in [3.63, 3.8) is 0 Å². The van der Waals surface area contributed by atoms with Crippen LogP contribution in [0.15, 0.2) is 24.3 Å². The van der Waals surface area contributed by atoms with Crippen LogP contribution in [0.5, 0.6) is 0 Å². The standard InChI is InChI=1S/C16H25N3O3/c1-3-19(14-8-5-4-7-13(14)2)12-11-18-16(22)17-10-6-9-15(20)21/h4-5,7-8H,3,6,9-12H2,1-2H3,(H,20,21)(H2,17,18,22). The molecule has 0 aromatic heterocycles. The summed E-state index contributed by atoms with van der Waals surface area (Å²) in [6.07, 6.45) is 0.504. The molecular formula is C16H25N3O3. The number of carbonyl (C=O) groups excluding carboxylic acids is 1. The number of urea groups is 1. The summed E-state index contributed by atoms with van der Waals surface area (Å²) in [6, 6.07) is 7.90. The molecule has 0 spiro atoms. The molecule has 122 valence electrons. The first-order valence-electron chi connectivity index (χ1n) is 7.58. The van der Waals surface area contributed by atoms with Crippen molar-refractivity contribution in [2.45, 2.75) is 26.7 Å². The maximum absolute atomic E-state index is 11.6. The van der Waals surface area contributed by atoms with Crippen LogP contribution in [-0.2, 0) is 4.79 Å². The molecule has 0 radical (unpaired) electrons. The van der Waals surface area contributed by atoms with Gasteiger partial charge in [-0.05, 0) is 31.9 Å². The lowest BCUT2D eigenvalue weighted by molar-refractivity contribution is -0.137. The number of nitrogens with zero attached hydrogens (tertiary/aromatic N) is 1. The van der Waals surface area contributed by atoms with Crippen molar-refractivity contribution in [1.82, 2.24) is 10.6 Å². The van der Waals surface area contributed by atoms with Crippen LogP contribution in [0, 0.1) is 6.92 Å². The molecule has 0 fully saturated rings. The summed E-state index contributed by atoms with van der Waals surface area (Å²) in [5.74, 6) is -0.848. The summed E-state index contributed by atoms with van der Waals surface area (Å²) in [6.45, 7) is 6.65. The molecule has 1 aromatic carbocycles. The lowest BCUT2D eigenvalue weighted by atomic mass is 10.2. The van der Waals surface area contributed by atoms with E-state index in [1.54, 1.807) is 0 Å². The summed E-state index contributed by atoms with van der Waals surface area (Å²) in [5, 5.41) is 13.9. The quantitative estimate of drug-likeness (QED) is 0.609. The smallest absolute Gasteiger partial charge is 0.314 e. The molecule has 0 aliphatic heterocycles. The number of anilines is 1. The molecule has 0 heterocycles. The van der Waals surface area contributed by atoms with Crippen molar-refractivity contribution in [1.29, 1.82) is 0 Å². The Hall–Kier alpha value is -2.24. The fourth-order valence-electron chi connectivity index (χ4n) is 2.18. The lowest BCUT2D eigenvalue weighted by Crippen LogP contribution is -2.41. The third-order valence-corrected chi connectivity index (χ3v) is 3.36. The topological polar surface area (TPSA) is 81.7 Å². The highest BCUT2D eigenvalue weighted by molar-refractivity contribution is 5.74. The predicted octanol–water partition coefficient (Wildman–Crippen LogP) is 1.99. The van der Waals surface area contributed by atoms with E-state index in [0.717, 1.165) is 13.1 Å². The normalized spacial score (nSPS) is 10.1. The van der Waals surface area contributed by atoms with Gasteiger partial charge in [-0.15, -0.1) is 0 Å². The van der Waals surface area contributed by atoms with E-state index in [4.69, 9.17) is 5.11 Å². The van der Waals surface area contributed by atoms with Crippen LogP contribution >= 0.6 is 0 Å². The first kappa shape index (κ1) is 17.8. The van der Waals surface area contributed by atoms with Gasteiger partial charge >= 0.3 is 12.0 Å². The zero-order valence-corrected chi connectivity index (χ0v) is 13.3. The second-order valence-corrected chi connectivity index (χ2v) is 5.05. The maximum Gasteiger partial charge on any atom is 0.314 e. The zero-order chi connectivity index (χ0) is 16.4. The number of likely N-dealkylation sites (N-methyl/N-ethyl adjacent to an activating group) is 1. The number of carbonyl (C=O) groups is 2. The van der Waals surface area contributed by atoms with E-state index in [-0.39, 0.29) is 12.5 Å².